The van der Waals surface area contributed by atoms with E-state index in [1.54, 1.807) is 0 Å². The van der Waals surface area contributed by atoms with Crippen LogP contribution in [-0.2, 0) is 20.4 Å². The zero-order valence-electron chi connectivity index (χ0n) is 3.27. The van der Waals surface area contributed by atoms with Gasteiger partial charge in [0, 0.05) is 34.6 Å². The molecule has 0 aromatic heterocycles. The number of rotatable bonds is 0. The Labute approximate surface area is 60.2 Å². The minimum absolute atomic E-state index is 0. The van der Waals surface area contributed by atoms with Gasteiger partial charge in [0.15, 0.2) is 0 Å². The monoisotopic (exact) mass is 283 g/mol. The molecule has 0 aliphatic heterocycles. The summed E-state index contributed by atoms with van der Waals surface area (Å²) in [5, 5.41) is 14.0. The first-order valence-corrected chi connectivity index (χ1v) is 0.894. The van der Waals surface area contributed by atoms with Crippen molar-refractivity contribution in [1.29, 1.82) is 0 Å². The summed E-state index contributed by atoms with van der Waals surface area (Å²) in [7, 11) is 2.00. The number of aliphatic hydroxyl groups is 2. The van der Waals surface area contributed by atoms with Gasteiger partial charge < -0.3 is 10.2 Å². The van der Waals surface area contributed by atoms with Crippen molar-refractivity contribution in [3.63, 3.8) is 0 Å². The van der Waals surface area contributed by atoms with E-state index >= 15 is 0 Å². The van der Waals surface area contributed by atoms with Gasteiger partial charge in [-0.3, -0.25) is 0 Å². The van der Waals surface area contributed by atoms with Crippen LogP contribution in [0.15, 0.2) is 0 Å². The van der Waals surface area contributed by atoms with Gasteiger partial charge >= 0.3 is 0 Å². The van der Waals surface area contributed by atoms with Gasteiger partial charge in [-0.2, -0.15) is 0 Å². The smallest absolute Gasteiger partial charge is 0.0319 e. The minimum atomic E-state index is 0. The van der Waals surface area contributed by atoms with Crippen LogP contribution in [0.5, 0.6) is 0 Å². The van der Waals surface area contributed by atoms with Crippen LogP contribution in [0.3, 0.4) is 0 Å². The maximum Gasteiger partial charge on any atom is 0.0319 e. The van der Waals surface area contributed by atoms with Gasteiger partial charge in [-0.05, 0) is 0 Å². The van der Waals surface area contributed by atoms with Crippen molar-refractivity contribution in [2.45, 2.75) is 14.9 Å². The zero-order valence-corrected chi connectivity index (χ0v) is 5.99. The van der Waals surface area contributed by atoms with E-state index in [1.165, 1.54) is 0 Å². The number of hydrogen-bond acceptors (Lipinski definition) is 2. The van der Waals surface area contributed by atoms with Crippen LogP contribution in [0.2, 0.25) is 0 Å². The Hall–Kier alpha value is 0.582. The van der Waals surface area contributed by atoms with Crippen LogP contribution in [0.4, 0.5) is 0 Å². The number of aliphatic hydroxyl groups excluding tert-OH is 2. The Bertz CT molecular complexity index is 9.65. The fraction of sp³-hybridized carbons (Fsp3) is 1.00. The summed E-state index contributed by atoms with van der Waals surface area (Å²) in [6.45, 7) is 0. The Morgan fingerprint density at radius 2 is 0.714 bits per heavy atom. The van der Waals surface area contributed by atoms with Gasteiger partial charge in [0.05, 0.1) is 0 Å². The largest absolute Gasteiger partial charge is 0.400 e. The van der Waals surface area contributed by atoms with E-state index in [1.807, 2.05) is 0 Å². The molecular formula is C4H16O2Re. The standard InChI is InChI=1S/2CH4O.2CH4.Re/c2*1-2;;;/h2*2H,1H3;2*1H4;. The van der Waals surface area contributed by atoms with E-state index in [0.717, 1.165) is 14.2 Å². The molecule has 0 aromatic carbocycles. The van der Waals surface area contributed by atoms with Crippen molar-refractivity contribution in [2.24, 2.45) is 0 Å². The fourth-order valence-electron chi connectivity index (χ4n) is 0. The van der Waals surface area contributed by atoms with Crippen LogP contribution in [0, 0.1) is 0 Å². The molecule has 0 aliphatic carbocycles. The molecule has 1 radical (unpaired) electrons. The fourth-order valence-corrected chi connectivity index (χ4v) is 0. The van der Waals surface area contributed by atoms with Crippen LogP contribution in [-0.4, -0.2) is 24.4 Å². The molecule has 3 heteroatoms. The molecule has 0 spiro atoms. The molecule has 7 heavy (non-hydrogen) atoms. The average Bonchev–Trinajstić information content (AvgIpc) is 1.50. The molecule has 51 valence electrons. The van der Waals surface area contributed by atoms with E-state index in [9.17, 15) is 0 Å². The van der Waals surface area contributed by atoms with Gasteiger partial charge in [0.25, 0.3) is 0 Å². The molecule has 0 heterocycles. The van der Waals surface area contributed by atoms with Crippen LogP contribution < -0.4 is 0 Å². The summed E-state index contributed by atoms with van der Waals surface area (Å²) >= 11 is 0. The summed E-state index contributed by atoms with van der Waals surface area (Å²) < 4.78 is 0. The van der Waals surface area contributed by atoms with Gasteiger partial charge in [-0.15, -0.1) is 0 Å². The summed E-state index contributed by atoms with van der Waals surface area (Å²) in [6.07, 6.45) is 0. The molecular weight excluding hydrogens is 266 g/mol. The quantitative estimate of drug-likeness (QED) is 0.679. The predicted molar refractivity (Wildman–Crippen MR) is 29.7 cm³/mol. The van der Waals surface area contributed by atoms with E-state index in [4.69, 9.17) is 10.2 Å². The van der Waals surface area contributed by atoms with Gasteiger partial charge in [0.2, 0.25) is 0 Å². The maximum atomic E-state index is 7.00. The van der Waals surface area contributed by atoms with Gasteiger partial charge in [-0.1, -0.05) is 14.9 Å². The Morgan fingerprint density at radius 1 is 0.714 bits per heavy atom. The second kappa shape index (κ2) is 605. The predicted octanol–water partition coefficient (Wildman–Crippen LogP) is 0.487. The van der Waals surface area contributed by atoms with E-state index in [2.05, 4.69) is 0 Å². The third kappa shape index (κ3) is 408. The molecule has 0 unspecified atom stereocenters. The first kappa shape index (κ1) is 49.3. The van der Waals surface area contributed by atoms with Crippen molar-refractivity contribution < 1.29 is 30.6 Å². The third-order valence-corrected chi connectivity index (χ3v) is 0. The van der Waals surface area contributed by atoms with Gasteiger partial charge in [-0.25, -0.2) is 0 Å². The van der Waals surface area contributed by atoms with Crippen molar-refractivity contribution in [2.75, 3.05) is 14.2 Å². The van der Waals surface area contributed by atoms with Crippen molar-refractivity contribution >= 4 is 0 Å². The summed E-state index contributed by atoms with van der Waals surface area (Å²) in [5.41, 5.74) is 0. The molecule has 0 bridgehead atoms. The summed E-state index contributed by atoms with van der Waals surface area (Å²) in [6, 6.07) is 0. The molecule has 0 saturated heterocycles. The van der Waals surface area contributed by atoms with E-state index in [-0.39, 0.29) is 35.3 Å². The van der Waals surface area contributed by atoms with Crippen LogP contribution >= 0.6 is 0 Å². The third-order valence-electron chi connectivity index (χ3n) is 0. The second-order valence-corrected chi connectivity index (χ2v) is 0. The second-order valence-electron chi connectivity index (χ2n) is 0. The molecule has 0 atom stereocenters. The first-order valence-electron chi connectivity index (χ1n) is 0.894. The minimum Gasteiger partial charge on any atom is -0.400 e. The van der Waals surface area contributed by atoms with Crippen molar-refractivity contribution in [1.82, 2.24) is 0 Å². The summed E-state index contributed by atoms with van der Waals surface area (Å²) in [5.74, 6) is 0. The molecule has 0 saturated carbocycles. The molecule has 0 amide bonds. The van der Waals surface area contributed by atoms with Crippen molar-refractivity contribution in [3.8, 4) is 0 Å². The first-order chi connectivity index (χ1) is 2.00. The Morgan fingerprint density at radius 3 is 0.714 bits per heavy atom. The zero-order chi connectivity index (χ0) is 4.00. The van der Waals surface area contributed by atoms with Crippen LogP contribution in [0.25, 0.3) is 0 Å². The normalized spacial score (nSPS) is 1.71. The van der Waals surface area contributed by atoms with Crippen molar-refractivity contribution in [3.05, 3.63) is 0 Å². The van der Waals surface area contributed by atoms with Crippen LogP contribution in [0.1, 0.15) is 14.9 Å². The Kier molecular flexibility index (Phi) is 4260. The average molecular weight is 282 g/mol. The topological polar surface area (TPSA) is 40.5 Å². The molecule has 0 aliphatic rings. The van der Waals surface area contributed by atoms with E-state index < -0.39 is 0 Å². The number of hydrogen-bond donors (Lipinski definition) is 2. The molecule has 0 rings (SSSR count). The molecule has 2 nitrogen and oxygen atoms in total. The molecule has 2 N–H and O–H groups in total. The molecule has 0 aromatic rings. The summed E-state index contributed by atoms with van der Waals surface area (Å²) in [4.78, 5) is 0. The maximum absolute atomic E-state index is 7.00. The SMILES string of the molecule is C.C.CO.CO.[Re]. The van der Waals surface area contributed by atoms with E-state index in [0.29, 0.717) is 0 Å². The Balaban J connectivity index is -0.00000000267. The van der Waals surface area contributed by atoms with Gasteiger partial charge in [0.1, 0.15) is 0 Å². The molecule has 0 fully saturated rings.